The van der Waals surface area contributed by atoms with E-state index >= 15 is 0 Å². The molecular formula is C13H24N2O. The third-order valence-corrected chi connectivity index (χ3v) is 3.75. The Morgan fingerprint density at radius 2 is 1.62 bits per heavy atom. The molecule has 0 aromatic rings. The maximum absolute atomic E-state index is 8.33. The van der Waals surface area contributed by atoms with Crippen LogP contribution in [0.4, 0.5) is 0 Å². The van der Waals surface area contributed by atoms with Crippen molar-refractivity contribution in [1.29, 1.82) is 5.41 Å². The zero-order chi connectivity index (χ0) is 11.5. The van der Waals surface area contributed by atoms with Crippen molar-refractivity contribution in [1.82, 2.24) is 4.90 Å². The van der Waals surface area contributed by atoms with Gasteiger partial charge in [0.1, 0.15) is 0 Å². The largest absolute Gasteiger partial charge is 0.372 e. The summed E-state index contributed by atoms with van der Waals surface area (Å²) in [5, 5.41) is 8.33. The molecule has 1 heterocycles. The standard InChI is InChI=1S/C13H24N2O/c1-10-8-15(9-11(2)16-10)13(14)12-6-4-3-5-7-12/h10-12,14H,3-9H2,1-2H3. The summed E-state index contributed by atoms with van der Waals surface area (Å²) in [6.07, 6.45) is 6.96. The Kier molecular flexibility index (Phi) is 3.85. The molecule has 2 fully saturated rings. The van der Waals surface area contributed by atoms with Crippen LogP contribution in [0.15, 0.2) is 0 Å². The van der Waals surface area contributed by atoms with Gasteiger partial charge in [0.25, 0.3) is 0 Å². The molecule has 0 aromatic heterocycles. The van der Waals surface area contributed by atoms with Gasteiger partial charge in [0, 0.05) is 19.0 Å². The van der Waals surface area contributed by atoms with Gasteiger partial charge in [-0.1, -0.05) is 19.3 Å². The molecule has 1 saturated heterocycles. The maximum atomic E-state index is 8.33. The van der Waals surface area contributed by atoms with Gasteiger partial charge in [-0.2, -0.15) is 0 Å². The quantitative estimate of drug-likeness (QED) is 0.549. The Bertz CT molecular complexity index is 238. The van der Waals surface area contributed by atoms with Crippen LogP contribution in [0, 0.1) is 11.3 Å². The van der Waals surface area contributed by atoms with E-state index in [9.17, 15) is 0 Å². The van der Waals surface area contributed by atoms with E-state index in [2.05, 4.69) is 18.7 Å². The minimum absolute atomic E-state index is 0.271. The fourth-order valence-electron chi connectivity index (χ4n) is 3.01. The molecule has 3 heteroatoms. The Morgan fingerprint density at radius 1 is 1.06 bits per heavy atom. The second-order valence-electron chi connectivity index (χ2n) is 5.38. The van der Waals surface area contributed by atoms with Crippen molar-refractivity contribution in [3.63, 3.8) is 0 Å². The molecule has 0 bridgehead atoms. The normalized spacial score (nSPS) is 32.8. The van der Waals surface area contributed by atoms with Gasteiger partial charge < -0.3 is 9.64 Å². The average molecular weight is 224 g/mol. The first-order valence-corrected chi connectivity index (χ1v) is 6.65. The first-order valence-electron chi connectivity index (χ1n) is 6.65. The van der Waals surface area contributed by atoms with Gasteiger partial charge in [-0.15, -0.1) is 0 Å². The van der Waals surface area contributed by atoms with Crippen molar-refractivity contribution in [2.45, 2.75) is 58.2 Å². The van der Waals surface area contributed by atoms with E-state index < -0.39 is 0 Å². The maximum Gasteiger partial charge on any atom is 0.0991 e. The zero-order valence-corrected chi connectivity index (χ0v) is 10.5. The molecule has 92 valence electrons. The van der Waals surface area contributed by atoms with Gasteiger partial charge in [-0.05, 0) is 26.7 Å². The molecule has 0 amide bonds. The molecule has 0 spiro atoms. The van der Waals surface area contributed by atoms with Crippen LogP contribution in [-0.4, -0.2) is 36.0 Å². The van der Waals surface area contributed by atoms with Crippen LogP contribution in [0.1, 0.15) is 46.0 Å². The van der Waals surface area contributed by atoms with Crippen molar-refractivity contribution < 1.29 is 4.74 Å². The van der Waals surface area contributed by atoms with E-state index in [-0.39, 0.29) is 12.2 Å². The molecule has 0 aromatic carbocycles. The predicted molar refractivity (Wildman–Crippen MR) is 65.9 cm³/mol. The Labute approximate surface area is 98.7 Å². The molecule has 1 aliphatic heterocycles. The molecular weight excluding hydrogens is 200 g/mol. The Morgan fingerprint density at radius 3 is 2.19 bits per heavy atom. The van der Waals surface area contributed by atoms with Gasteiger partial charge in [0.2, 0.25) is 0 Å². The summed E-state index contributed by atoms with van der Waals surface area (Å²) in [6.45, 7) is 6.02. The SMILES string of the molecule is CC1CN(C(=N)C2CCCCC2)CC(C)O1. The smallest absolute Gasteiger partial charge is 0.0991 e. The lowest BCUT2D eigenvalue weighted by atomic mass is 9.87. The van der Waals surface area contributed by atoms with Crippen molar-refractivity contribution in [2.24, 2.45) is 5.92 Å². The number of ether oxygens (including phenoxy) is 1. The van der Waals surface area contributed by atoms with Crippen LogP contribution in [0.3, 0.4) is 0 Å². The highest BCUT2D eigenvalue weighted by molar-refractivity contribution is 5.81. The highest BCUT2D eigenvalue weighted by Crippen LogP contribution is 2.26. The Hall–Kier alpha value is -0.570. The zero-order valence-electron chi connectivity index (χ0n) is 10.5. The number of nitrogens with one attached hydrogen (secondary N) is 1. The van der Waals surface area contributed by atoms with Crippen LogP contribution in [0.5, 0.6) is 0 Å². The highest BCUT2D eigenvalue weighted by atomic mass is 16.5. The summed E-state index contributed by atoms with van der Waals surface area (Å²) in [4.78, 5) is 2.24. The molecule has 1 aliphatic carbocycles. The lowest BCUT2D eigenvalue weighted by Gasteiger charge is -2.39. The minimum atomic E-state index is 0.271. The summed E-state index contributed by atoms with van der Waals surface area (Å²) in [7, 11) is 0. The van der Waals surface area contributed by atoms with E-state index in [0.29, 0.717) is 5.92 Å². The van der Waals surface area contributed by atoms with E-state index in [1.165, 1.54) is 32.1 Å². The molecule has 3 nitrogen and oxygen atoms in total. The monoisotopic (exact) mass is 224 g/mol. The van der Waals surface area contributed by atoms with E-state index in [0.717, 1.165) is 18.9 Å². The summed E-state index contributed by atoms with van der Waals surface area (Å²) >= 11 is 0. The third-order valence-electron chi connectivity index (χ3n) is 3.75. The van der Waals surface area contributed by atoms with E-state index in [1.807, 2.05) is 0 Å². The van der Waals surface area contributed by atoms with Crippen molar-refractivity contribution in [2.75, 3.05) is 13.1 Å². The van der Waals surface area contributed by atoms with Crippen molar-refractivity contribution >= 4 is 5.84 Å². The van der Waals surface area contributed by atoms with E-state index in [1.54, 1.807) is 0 Å². The average Bonchev–Trinajstić information content (AvgIpc) is 2.28. The van der Waals surface area contributed by atoms with Gasteiger partial charge in [0.05, 0.1) is 18.0 Å². The summed E-state index contributed by atoms with van der Waals surface area (Å²) in [5.74, 6) is 1.40. The number of hydrogen-bond donors (Lipinski definition) is 1. The summed E-state index contributed by atoms with van der Waals surface area (Å²) < 4.78 is 5.72. The number of amidine groups is 1. The number of hydrogen-bond acceptors (Lipinski definition) is 2. The number of nitrogens with zero attached hydrogens (tertiary/aromatic N) is 1. The van der Waals surface area contributed by atoms with Gasteiger partial charge in [-0.25, -0.2) is 0 Å². The molecule has 2 unspecified atom stereocenters. The van der Waals surface area contributed by atoms with Crippen molar-refractivity contribution in [3.05, 3.63) is 0 Å². The van der Waals surface area contributed by atoms with Crippen LogP contribution in [0.2, 0.25) is 0 Å². The van der Waals surface area contributed by atoms with Crippen LogP contribution in [0.25, 0.3) is 0 Å². The molecule has 2 aliphatic rings. The van der Waals surface area contributed by atoms with Gasteiger partial charge >= 0.3 is 0 Å². The topological polar surface area (TPSA) is 36.3 Å². The number of morpholine rings is 1. The molecule has 2 atom stereocenters. The fourth-order valence-corrected chi connectivity index (χ4v) is 3.01. The van der Waals surface area contributed by atoms with E-state index in [4.69, 9.17) is 10.1 Å². The second-order valence-corrected chi connectivity index (χ2v) is 5.38. The Balaban J connectivity index is 1.92. The first kappa shape index (κ1) is 11.9. The molecule has 2 rings (SSSR count). The molecule has 1 saturated carbocycles. The molecule has 0 radical (unpaired) electrons. The minimum Gasteiger partial charge on any atom is -0.372 e. The van der Waals surface area contributed by atoms with Crippen LogP contribution < -0.4 is 0 Å². The van der Waals surface area contributed by atoms with Crippen LogP contribution in [-0.2, 0) is 4.74 Å². The second kappa shape index (κ2) is 5.17. The molecule has 1 N–H and O–H groups in total. The lowest BCUT2D eigenvalue weighted by molar-refractivity contribution is -0.0497. The van der Waals surface area contributed by atoms with Gasteiger partial charge in [-0.3, -0.25) is 5.41 Å². The predicted octanol–water partition coefficient (Wildman–Crippen LogP) is 2.65. The fraction of sp³-hybridized carbons (Fsp3) is 0.923. The third kappa shape index (κ3) is 2.76. The summed E-state index contributed by atoms with van der Waals surface area (Å²) in [5.41, 5.74) is 0. The molecule has 16 heavy (non-hydrogen) atoms. The summed E-state index contributed by atoms with van der Waals surface area (Å²) in [6, 6.07) is 0. The lowest BCUT2D eigenvalue weighted by Crippen LogP contribution is -2.50. The number of rotatable bonds is 1. The van der Waals surface area contributed by atoms with Crippen LogP contribution >= 0.6 is 0 Å². The highest BCUT2D eigenvalue weighted by Gasteiger charge is 2.28. The first-order chi connectivity index (χ1) is 7.66. The van der Waals surface area contributed by atoms with Gasteiger partial charge in [0.15, 0.2) is 0 Å². The van der Waals surface area contributed by atoms with Crippen molar-refractivity contribution in [3.8, 4) is 0 Å².